The van der Waals surface area contributed by atoms with Gasteiger partial charge < -0.3 is 14.8 Å². The lowest BCUT2D eigenvalue weighted by Gasteiger charge is -2.26. The van der Waals surface area contributed by atoms with E-state index in [0.717, 1.165) is 18.0 Å². The Hall–Kier alpha value is -1.22. The van der Waals surface area contributed by atoms with Crippen LogP contribution >= 0.6 is 0 Å². The third-order valence-corrected chi connectivity index (χ3v) is 4.47. The highest BCUT2D eigenvalue weighted by Crippen LogP contribution is 2.43. The molecule has 0 aromatic heterocycles. The van der Waals surface area contributed by atoms with Crippen LogP contribution in [0.15, 0.2) is 18.2 Å². The normalized spacial score (nSPS) is 25.7. The fourth-order valence-corrected chi connectivity index (χ4v) is 3.18. The van der Waals surface area contributed by atoms with Crippen molar-refractivity contribution < 1.29 is 9.47 Å². The molecule has 0 amide bonds. The highest BCUT2D eigenvalue weighted by Gasteiger charge is 2.36. The Balaban J connectivity index is 2.18. The third-order valence-electron chi connectivity index (χ3n) is 4.47. The van der Waals surface area contributed by atoms with E-state index < -0.39 is 0 Å². The number of rotatable bonds is 6. The summed E-state index contributed by atoms with van der Waals surface area (Å²) < 4.78 is 10.8. The van der Waals surface area contributed by atoms with E-state index in [-0.39, 0.29) is 5.41 Å². The largest absolute Gasteiger partial charge is 0.497 e. The first-order chi connectivity index (χ1) is 9.61. The van der Waals surface area contributed by atoms with E-state index in [4.69, 9.17) is 9.47 Å². The summed E-state index contributed by atoms with van der Waals surface area (Å²) in [6.07, 6.45) is 4.84. The van der Waals surface area contributed by atoms with Crippen LogP contribution in [0.5, 0.6) is 11.5 Å². The van der Waals surface area contributed by atoms with Gasteiger partial charge in [-0.1, -0.05) is 13.8 Å². The van der Waals surface area contributed by atoms with Crippen molar-refractivity contribution in [1.29, 1.82) is 0 Å². The molecule has 1 saturated carbocycles. The lowest BCUT2D eigenvalue weighted by molar-refractivity contribution is 0.387. The summed E-state index contributed by atoms with van der Waals surface area (Å²) in [4.78, 5) is 0. The Labute approximate surface area is 122 Å². The number of ether oxygens (including phenoxy) is 2. The van der Waals surface area contributed by atoms with Crippen LogP contribution in [0.4, 0.5) is 0 Å². The van der Waals surface area contributed by atoms with E-state index in [1.807, 2.05) is 6.07 Å². The molecule has 0 spiro atoms. The van der Waals surface area contributed by atoms with Gasteiger partial charge in [0, 0.05) is 12.1 Å². The van der Waals surface area contributed by atoms with Crippen LogP contribution in [0.2, 0.25) is 0 Å². The Kier molecular flexibility index (Phi) is 4.92. The van der Waals surface area contributed by atoms with Gasteiger partial charge in [-0.3, -0.25) is 0 Å². The topological polar surface area (TPSA) is 30.5 Å². The van der Waals surface area contributed by atoms with Crippen molar-refractivity contribution in [2.45, 2.75) is 51.0 Å². The molecule has 2 unspecified atom stereocenters. The first kappa shape index (κ1) is 15.2. The SMILES string of the molecule is CCCNC1CCC(C)(c2cc(OC)cc(OC)c2)C1. The van der Waals surface area contributed by atoms with Gasteiger partial charge in [0.05, 0.1) is 14.2 Å². The molecular formula is C17H27NO2. The summed E-state index contributed by atoms with van der Waals surface area (Å²) in [6.45, 7) is 5.69. The van der Waals surface area contributed by atoms with Gasteiger partial charge in [-0.15, -0.1) is 0 Å². The fourth-order valence-electron chi connectivity index (χ4n) is 3.18. The molecule has 1 aromatic carbocycles. The summed E-state index contributed by atoms with van der Waals surface area (Å²) in [7, 11) is 3.42. The van der Waals surface area contributed by atoms with Crippen molar-refractivity contribution >= 4 is 0 Å². The number of nitrogens with one attached hydrogen (secondary N) is 1. The smallest absolute Gasteiger partial charge is 0.122 e. The summed E-state index contributed by atoms with van der Waals surface area (Å²) >= 11 is 0. The lowest BCUT2D eigenvalue weighted by atomic mass is 9.80. The molecule has 1 aliphatic carbocycles. The molecular weight excluding hydrogens is 250 g/mol. The molecule has 0 heterocycles. The molecule has 1 aromatic rings. The highest BCUT2D eigenvalue weighted by atomic mass is 16.5. The standard InChI is InChI=1S/C17H27NO2/c1-5-8-18-14-6-7-17(2,12-14)13-9-15(19-3)11-16(10-13)20-4/h9-11,14,18H,5-8,12H2,1-4H3. The van der Waals surface area contributed by atoms with Gasteiger partial charge in [0.2, 0.25) is 0 Å². The van der Waals surface area contributed by atoms with Gasteiger partial charge in [-0.25, -0.2) is 0 Å². The van der Waals surface area contributed by atoms with E-state index in [1.165, 1.54) is 31.2 Å². The van der Waals surface area contributed by atoms with E-state index in [9.17, 15) is 0 Å². The second-order valence-corrected chi connectivity index (χ2v) is 6.06. The van der Waals surface area contributed by atoms with Crippen molar-refractivity contribution in [3.8, 4) is 11.5 Å². The average Bonchev–Trinajstić information content (AvgIpc) is 2.87. The van der Waals surface area contributed by atoms with E-state index in [2.05, 4.69) is 31.3 Å². The maximum Gasteiger partial charge on any atom is 0.122 e. The maximum absolute atomic E-state index is 5.40. The van der Waals surface area contributed by atoms with Crippen molar-refractivity contribution in [3.05, 3.63) is 23.8 Å². The summed E-state index contributed by atoms with van der Waals surface area (Å²) in [6, 6.07) is 6.89. The second kappa shape index (κ2) is 6.49. The molecule has 1 N–H and O–H groups in total. The van der Waals surface area contributed by atoms with E-state index >= 15 is 0 Å². The number of benzene rings is 1. The summed E-state index contributed by atoms with van der Waals surface area (Å²) in [5, 5.41) is 3.65. The Morgan fingerprint density at radius 2 is 1.85 bits per heavy atom. The van der Waals surface area contributed by atoms with Crippen molar-refractivity contribution in [2.75, 3.05) is 20.8 Å². The zero-order valence-electron chi connectivity index (χ0n) is 13.2. The summed E-state index contributed by atoms with van der Waals surface area (Å²) in [5.41, 5.74) is 1.54. The fraction of sp³-hybridized carbons (Fsp3) is 0.647. The van der Waals surface area contributed by atoms with Crippen LogP contribution in [0.3, 0.4) is 0 Å². The predicted octanol–water partition coefficient (Wildman–Crippen LogP) is 3.51. The highest BCUT2D eigenvalue weighted by molar-refractivity contribution is 5.42. The molecule has 0 aliphatic heterocycles. The number of methoxy groups -OCH3 is 2. The van der Waals surface area contributed by atoms with E-state index in [0.29, 0.717) is 6.04 Å². The second-order valence-electron chi connectivity index (χ2n) is 6.06. The average molecular weight is 277 g/mol. The lowest BCUT2D eigenvalue weighted by Crippen LogP contribution is -2.29. The van der Waals surface area contributed by atoms with E-state index in [1.54, 1.807) is 14.2 Å². The Morgan fingerprint density at radius 3 is 2.40 bits per heavy atom. The molecule has 1 fully saturated rings. The first-order valence-electron chi connectivity index (χ1n) is 7.58. The monoisotopic (exact) mass is 277 g/mol. The quantitative estimate of drug-likeness (QED) is 0.863. The van der Waals surface area contributed by atoms with Gasteiger partial charge in [0.1, 0.15) is 11.5 Å². The molecule has 20 heavy (non-hydrogen) atoms. The summed E-state index contributed by atoms with van der Waals surface area (Å²) in [5.74, 6) is 1.76. The minimum atomic E-state index is 0.216. The van der Waals surface area contributed by atoms with Gasteiger partial charge in [-0.05, 0) is 55.3 Å². The number of hydrogen-bond donors (Lipinski definition) is 1. The minimum absolute atomic E-state index is 0.216. The van der Waals surface area contributed by atoms with Gasteiger partial charge in [0.25, 0.3) is 0 Å². The van der Waals surface area contributed by atoms with Gasteiger partial charge in [-0.2, -0.15) is 0 Å². The Morgan fingerprint density at radius 1 is 1.20 bits per heavy atom. The molecule has 3 nitrogen and oxygen atoms in total. The number of hydrogen-bond acceptors (Lipinski definition) is 3. The van der Waals surface area contributed by atoms with Crippen molar-refractivity contribution in [2.24, 2.45) is 0 Å². The third kappa shape index (κ3) is 3.26. The molecule has 2 atom stereocenters. The molecule has 0 radical (unpaired) electrons. The zero-order valence-corrected chi connectivity index (χ0v) is 13.2. The molecule has 0 bridgehead atoms. The van der Waals surface area contributed by atoms with Crippen LogP contribution in [-0.4, -0.2) is 26.8 Å². The van der Waals surface area contributed by atoms with Crippen LogP contribution in [0.1, 0.15) is 45.1 Å². The van der Waals surface area contributed by atoms with Gasteiger partial charge >= 0.3 is 0 Å². The molecule has 2 rings (SSSR count). The minimum Gasteiger partial charge on any atom is -0.497 e. The van der Waals surface area contributed by atoms with Crippen LogP contribution < -0.4 is 14.8 Å². The Bertz CT molecular complexity index is 424. The zero-order chi connectivity index (χ0) is 14.6. The van der Waals surface area contributed by atoms with Crippen LogP contribution in [0, 0.1) is 0 Å². The van der Waals surface area contributed by atoms with Gasteiger partial charge in [0.15, 0.2) is 0 Å². The first-order valence-corrected chi connectivity index (χ1v) is 7.58. The van der Waals surface area contributed by atoms with Crippen LogP contribution in [-0.2, 0) is 5.41 Å². The van der Waals surface area contributed by atoms with Crippen molar-refractivity contribution in [3.63, 3.8) is 0 Å². The van der Waals surface area contributed by atoms with Crippen molar-refractivity contribution in [1.82, 2.24) is 5.32 Å². The molecule has 1 aliphatic rings. The molecule has 0 saturated heterocycles. The molecule has 3 heteroatoms. The predicted molar refractivity (Wildman–Crippen MR) is 82.8 cm³/mol. The van der Waals surface area contributed by atoms with Crippen LogP contribution in [0.25, 0.3) is 0 Å². The molecule has 112 valence electrons. The maximum atomic E-state index is 5.40.